The molecule has 0 spiro atoms. The Hall–Kier alpha value is -3.31. The van der Waals surface area contributed by atoms with Crippen LogP contribution >= 0.6 is 11.3 Å². The van der Waals surface area contributed by atoms with Gasteiger partial charge in [0, 0.05) is 36.1 Å². The minimum atomic E-state index is -0.866. The molecule has 0 saturated heterocycles. The highest BCUT2D eigenvalue weighted by Gasteiger charge is 2.23. The number of hydrogen-bond acceptors (Lipinski definition) is 9. The molecule has 0 atom stereocenters. The molecule has 178 valence electrons. The first-order valence-corrected chi connectivity index (χ1v) is 11.9. The Kier molecular flexibility index (Phi) is 6.05. The van der Waals surface area contributed by atoms with E-state index in [1.807, 2.05) is 29.8 Å². The van der Waals surface area contributed by atoms with Crippen LogP contribution in [0.25, 0.3) is 21.7 Å². The van der Waals surface area contributed by atoms with Crippen molar-refractivity contribution in [1.82, 2.24) is 29.8 Å². The highest BCUT2D eigenvalue weighted by Crippen LogP contribution is 2.40. The van der Waals surface area contributed by atoms with Gasteiger partial charge in [-0.25, -0.2) is 9.97 Å². The van der Waals surface area contributed by atoms with Gasteiger partial charge in [0.2, 0.25) is 6.79 Å². The van der Waals surface area contributed by atoms with Crippen LogP contribution in [-0.2, 0) is 13.0 Å². The minimum absolute atomic E-state index is 0.0269. The number of anilines is 1. The topological polar surface area (TPSA) is 113 Å². The van der Waals surface area contributed by atoms with Gasteiger partial charge in [-0.1, -0.05) is 13.8 Å². The van der Waals surface area contributed by atoms with Gasteiger partial charge in [0.15, 0.2) is 28.5 Å². The van der Waals surface area contributed by atoms with E-state index in [0.29, 0.717) is 53.9 Å². The molecule has 1 aliphatic rings. The monoisotopic (exact) mass is 483 g/mol. The van der Waals surface area contributed by atoms with Gasteiger partial charge in [0.25, 0.3) is 0 Å². The molecule has 0 fully saturated rings. The third kappa shape index (κ3) is 4.40. The van der Waals surface area contributed by atoms with Crippen molar-refractivity contribution in [1.29, 1.82) is 0 Å². The van der Waals surface area contributed by atoms with E-state index in [1.54, 1.807) is 11.3 Å². The zero-order valence-electron chi connectivity index (χ0n) is 19.3. The quantitative estimate of drug-likeness (QED) is 0.289. The molecule has 0 aliphatic carbocycles. The van der Waals surface area contributed by atoms with Crippen molar-refractivity contribution in [3.05, 3.63) is 40.7 Å². The normalized spacial score (nSPS) is 12.9. The third-order valence-electron chi connectivity index (χ3n) is 5.54. The zero-order valence-corrected chi connectivity index (χ0v) is 20.1. The van der Waals surface area contributed by atoms with Gasteiger partial charge in [0.05, 0.1) is 0 Å². The molecule has 3 N–H and O–H groups in total. The first kappa shape index (κ1) is 22.5. The number of halogens is 1. The molecule has 34 heavy (non-hydrogen) atoms. The number of aryl methyl sites for hydroxylation is 1. The molecule has 0 bridgehead atoms. The fourth-order valence-electron chi connectivity index (χ4n) is 3.97. The maximum Gasteiger partial charge on any atom is 0.312 e. The lowest BCUT2D eigenvalue weighted by Crippen LogP contribution is -2.25. The van der Waals surface area contributed by atoms with Gasteiger partial charge >= 0.3 is 6.08 Å². The number of nitrogen functional groups attached to an aromatic ring is 1. The molecular weight excluding hydrogens is 457 g/mol. The molecule has 11 heteroatoms. The number of thiazole rings is 1. The molecule has 3 aromatic heterocycles. The highest BCUT2D eigenvalue weighted by molar-refractivity contribution is 7.15. The number of imidazole rings is 1. The molecule has 1 aliphatic heterocycles. The lowest BCUT2D eigenvalue weighted by molar-refractivity contribution is 0.174. The van der Waals surface area contributed by atoms with Crippen molar-refractivity contribution >= 4 is 28.3 Å². The Labute approximate surface area is 200 Å². The van der Waals surface area contributed by atoms with Crippen LogP contribution in [-0.4, -0.2) is 44.4 Å². The van der Waals surface area contributed by atoms with Crippen molar-refractivity contribution in [2.24, 2.45) is 5.92 Å². The Bertz CT molecular complexity index is 1350. The predicted octanol–water partition coefficient (Wildman–Crippen LogP) is 3.54. The van der Waals surface area contributed by atoms with Gasteiger partial charge in [-0.2, -0.15) is 14.4 Å². The van der Waals surface area contributed by atoms with Crippen molar-refractivity contribution in [3.8, 4) is 22.1 Å². The average Bonchev–Trinajstić information content (AvgIpc) is 3.49. The largest absolute Gasteiger partial charge is 0.454 e. The van der Waals surface area contributed by atoms with Gasteiger partial charge in [-0.15, -0.1) is 11.3 Å². The lowest BCUT2D eigenvalue weighted by atomic mass is 10.0. The molecule has 4 heterocycles. The smallest absolute Gasteiger partial charge is 0.312 e. The van der Waals surface area contributed by atoms with Crippen LogP contribution in [0.2, 0.25) is 0 Å². The highest BCUT2D eigenvalue weighted by atomic mass is 32.1. The Morgan fingerprint density at radius 1 is 1.21 bits per heavy atom. The summed E-state index contributed by atoms with van der Waals surface area (Å²) in [6, 6.07) is 3.92. The van der Waals surface area contributed by atoms with E-state index in [0.717, 1.165) is 27.6 Å². The first-order chi connectivity index (χ1) is 16.4. The predicted molar refractivity (Wildman–Crippen MR) is 129 cm³/mol. The van der Waals surface area contributed by atoms with Gasteiger partial charge in [0.1, 0.15) is 10.8 Å². The number of fused-ring (bicyclic) bond motifs is 2. The number of hydrogen-bond donors (Lipinski definition) is 2. The van der Waals surface area contributed by atoms with Crippen LogP contribution in [0.15, 0.2) is 18.3 Å². The summed E-state index contributed by atoms with van der Waals surface area (Å²) in [6.45, 7) is 8.62. The number of nitrogens with two attached hydrogens (primary N) is 1. The van der Waals surface area contributed by atoms with Crippen LogP contribution in [0.1, 0.15) is 30.1 Å². The maximum atomic E-state index is 14.0. The van der Waals surface area contributed by atoms with Crippen molar-refractivity contribution < 1.29 is 13.9 Å². The first-order valence-electron chi connectivity index (χ1n) is 11.1. The number of aromatic nitrogens is 5. The standard InChI is InChI=1S/C23H26FN7O2S/c1-12(2)9-26-4-5-31-18(28-19-20(25)29-23(24)30-21(19)31)7-14-6-16-17(33-11-32-16)8-15(14)22-27-10-13(3)34-22/h6,8,10,12,26H,4-5,7,9,11H2,1-3H3,(H2,25,29,30). The molecule has 0 amide bonds. The van der Waals surface area contributed by atoms with Crippen molar-refractivity contribution in [3.63, 3.8) is 0 Å². The minimum Gasteiger partial charge on any atom is -0.454 e. The second-order valence-electron chi connectivity index (χ2n) is 8.64. The Balaban J connectivity index is 1.57. The van der Waals surface area contributed by atoms with Gasteiger partial charge < -0.3 is 25.1 Å². The Morgan fingerprint density at radius 2 is 2.00 bits per heavy atom. The number of ether oxygens (including phenoxy) is 2. The van der Waals surface area contributed by atoms with E-state index in [4.69, 9.17) is 20.2 Å². The number of benzene rings is 1. The number of nitrogens with one attached hydrogen (secondary N) is 1. The van der Waals surface area contributed by atoms with Gasteiger partial charge in [-0.05, 0) is 37.1 Å². The zero-order chi connectivity index (χ0) is 23.8. The summed E-state index contributed by atoms with van der Waals surface area (Å²) in [5.41, 5.74) is 8.70. The van der Waals surface area contributed by atoms with E-state index in [-0.39, 0.29) is 12.6 Å². The second kappa shape index (κ2) is 9.15. The summed E-state index contributed by atoms with van der Waals surface area (Å²) in [5.74, 6) is 2.63. The molecule has 5 rings (SSSR count). The SMILES string of the molecule is Cc1cnc(-c2cc3c(cc2Cc2nc4c(N)nc(F)nc4n2CCNCC(C)C)OCO3)s1. The lowest BCUT2D eigenvalue weighted by Gasteiger charge is -2.13. The summed E-state index contributed by atoms with van der Waals surface area (Å²) in [5, 5.41) is 4.31. The van der Waals surface area contributed by atoms with Crippen molar-refractivity contribution in [2.75, 3.05) is 25.6 Å². The van der Waals surface area contributed by atoms with Crippen LogP contribution < -0.4 is 20.5 Å². The molecule has 4 aromatic rings. The molecule has 0 unspecified atom stereocenters. The van der Waals surface area contributed by atoms with E-state index >= 15 is 0 Å². The summed E-state index contributed by atoms with van der Waals surface area (Å²) in [4.78, 5) is 18.1. The maximum absolute atomic E-state index is 14.0. The second-order valence-corrected chi connectivity index (χ2v) is 9.88. The third-order valence-corrected chi connectivity index (χ3v) is 6.48. The van der Waals surface area contributed by atoms with E-state index in [9.17, 15) is 4.39 Å². The fraction of sp³-hybridized carbons (Fsp3) is 0.391. The molecule has 0 saturated carbocycles. The Morgan fingerprint density at radius 3 is 2.74 bits per heavy atom. The average molecular weight is 484 g/mol. The van der Waals surface area contributed by atoms with Crippen LogP contribution in [0.3, 0.4) is 0 Å². The summed E-state index contributed by atoms with van der Waals surface area (Å²) < 4.78 is 27.2. The van der Waals surface area contributed by atoms with Crippen LogP contribution in [0.5, 0.6) is 11.5 Å². The summed E-state index contributed by atoms with van der Waals surface area (Å²) in [7, 11) is 0. The molecule has 9 nitrogen and oxygen atoms in total. The number of nitrogens with zero attached hydrogens (tertiary/aromatic N) is 5. The summed E-state index contributed by atoms with van der Waals surface area (Å²) in [6.07, 6.45) is 1.43. The fourth-order valence-corrected chi connectivity index (χ4v) is 4.79. The van der Waals surface area contributed by atoms with Crippen LogP contribution in [0.4, 0.5) is 10.2 Å². The van der Waals surface area contributed by atoms with Crippen LogP contribution in [0, 0.1) is 18.9 Å². The van der Waals surface area contributed by atoms with Gasteiger partial charge in [-0.3, -0.25) is 0 Å². The summed E-state index contributed by atoms with van der Waals surface area (Å²) >= 11 is 1.61. The van der Waals surface area contributed by atoms with E-state index in [2.05, 4.69) is 34.1 Å². The van der Waals surface area contributed by atoms with E-state index < -0.39 is 6.08 Å². The molecule has 1 aromatic carbocycles. The van der Waals surface area contributed by atoms with E-state index in [1.165, 1.54) is 0 Å². The number of rotatable bonds is 8. The molecule has 0 radical (unpaired) electrons. The van der Waals surface area contributed by atoms with Crippen molar-refractivity contribution in [2.45, 2.75) is 33.7 Å². The molecular formula is C23H26FN7O2S.